The first-order valence-corrected chi connectivity index (χ1v) is 8.58. The Labute approximate surface area is 141 Å². The number of carbonyl (C=O) groups is 2. The standard InChI is InChI=1S/C14H13F5N2OS.CH2O/c1-21(14(10-22)11-3-2-8-20-9-11)12-4-6-13(7-5-12)23(15,16,17,18)19;1-2/h2-10,14H,1H3;1H2. The topological polar surface area (TPSA) is 50.3 Å². The summed E-state index contributed by atoms with van der Waals surface area (Å²) in [5.41, 5.74) is 0.721. The summed E-state index contributed by atoms with van der Waals surface area (Å²) in [6.45, 7) is 2.00. The van der Waals surface area contributed by atoms with Crippen molar-refractivity contribution in [2.75, 3.05) is 11.9 Å². The Kier molecular flexibility index (Phi) is 5.29. The first-order valence-electron chi connectivity index (χ1n) is 6.63. The van der Waals surface area contributed by atoms with Gasteiger partial charge in [-0.3, -0.25) is 4.98 Å². The molecule has 0 fully saturated rings. The summed E-state index contributed by atoms with van der Waals surface area (Å²) in [4.78, 5) is 22.6. The van der Waals surface area contributed by atoms with Crippen LogP contribution in [0.5, 0.6) is 0 Å². The lowest BCUT2D eigenvalue weighted by molar-refractivity contribution is -0.109. The minimum absolute atomic E-state index is 0.191. The molecule has 0 radical (unpaired) electrons. The van der Waals surface area contributed by atoms with Gasteiger partial charge in [0.15, 0.2) is 0 Å². The van der Waals surface area contributed by atoms with E-state index in [2.05, 4.69) is 4.98 Å². The number of benzene rings is 1. The Balaban J connectivity index is 0.00000151. The smallest absolute Gasteiger partial charge is 0.310 e. The molecular formula is C15H15F5N2O2S. The molecule has 0 aliphatic rings. The molecule has 0 saturated heterocycles. The number of rotatable bonds is 5. The van der Waals surface area contributed by atoms with Gasteiger partial charge >= 0.3 is 10.2 Å². The van der Waals surface area contributed by atoms with Crippen LogP contribution in [0.1, 0.15) is 11.6 Å². The van der Waals surface area contributed by atoms with Crippen LogP contribution >= 0.6 is 10.2 Å². The zero-order chi connectivity index (χ0) is 19.4. The highest BCUT2D eigenvalue weighted by Crippen LogP contribution is 3.02. The van der Waals surface area contributed by atoms with Crippen LogP contribution in [-0.2, 0) is 9.59 Å². The maximum atomic E-state index is 12.7. The molecule has 1 unspecified atom stereocenters. The van der Waals surface area contributed by atoms with E-state index in [-0.39, 0.29) is 5.69 Å². The van der Waals surface area contributed by atoms with Gasteiger partial charge in [0, 0.05) is 25.1 Å². The summed E-state index contributed by atoms with van der Waals surface area (Å²) in [5, 5.41) is 0. The molecule has 0 amide bonds. The minimum Gasteiger partial charge on any atom is -0.361 e. The van der Waals surface area contributed by atoms with Crippen molar-refractivity contribution in [2.24, 2.45) is 0 Å². The van der Waals surface area contributed by atoms with Crippen LogP contribution in [-0.4, -0.2) is 25.1 Å². The summed E-state index contributed by atoms with van der Waals surface area (Å²) in [7, 11) is -8.22. The third-order valence-corrected chi connectivity index (χ3v) is 4.42. The number of hydrogen-bond acceptors (Lipinski definition) is 4. The first-order chi connectivity index (χ1) is 11.4. The summed E-state index contributed by atoms with van der Waals surface area (Å²) in [5.74, 6) is 0. The lowest BCUT2D eigenvalue weighted by Crippen LogP contribution is -2.25. The molecule has 0 bridgehead atoms. The minimum atomic E-state index is -9.70. The molecule has 0 spiro atoms. The molecule has 1 heterocycles. The van der Waals surface area contributed by atoms with Gasteiger partial charge in [-0.1, -0.05) is 25.5 Å². The van der Waals surface area contributed by atoms with Crippen molar-refractivity contribution in [3.63, 3.8) is 0 Å². The number of halogens is 5. The molecule has 1 aromatic heterocycles. The quantitative estimate of drug-likeness (QED) is 0.543. The Morgan fingerprint density at radius 2 is 1.64 bits per heavy atom. The molecule has 138 valence electrons. The van der Waals surface area contributed by atoms with Gasteiger partial charge in [-0.2, -0.15) is 0 Å². The van der Waals surface area contributed by atoms with Crippen LogP contribution in [0.2, 0.25) is 0 Å². The largest absolute Gasteiger partial charge is 0.361 e. The van der Waals surface area contributed by atoms with Crippen LogP contribution in [0.3, 0.4) is 0 Å². The number of aldehydes is 1. The normalized spacial score (nSPS) is 15.0. The molecule has 0 N–H and O–H groups in total. The second-order valence-electron chi connectivity index (χ2n) is 4.94. The maximum Gasteiger partial charge on any atom is 0.310 e. The van der Waals surface area contributed by atoms with E-state index in [0.717, 1.165) is 12.1 Å². The average molecular weight is 382 g/mol. The van der Waals surface area contributed by atoms with E-state index in [4.69, 9.17) is 4.79 Å². The molecule has 1 atom stereocenters. The van der Waals surface area contributed by atoms with E-state index in [1.165, 1.54) is 24.3 Å². The van der Waals surface area contributed by atoms with E-state index in [1.807, 2.05) is 6.79 Å². The third kappa shape index (κ3) is 5.24. The fourth-order valence-electron chi connectivity index (χ4n) is 2.04. The Morgan fingerprint density at radius 1 is 1.08 bits per heavy atom. The fourth-order valence-corrected chi connectivity index (χ4v) is 2.69. The van der Waals surface area contributed by atoms with Crippen LogP contribution in [0.4, 0.5) is 25.1 Å². The van der Waals surface area contributed by atoms with Gasteiger partial charge in [-0.05, 0) is 35.9 Å². The average Bonchev–Trinajstić information content (AvgIpc) is 2.56. The summed E-state index contributed by atoms with van der Waals surface area (Å²) >= 11 is 0. The number of likely N-dealkylation sites (N-methyl/N-ethyl adjacent to an activating group) is 1. The Hall–Kier alpha value is -2.49. The van der Waals surface area contributed by atoms with Crippen LogP contribution in [0.15, 0.2) is 53.7 Å². The molecule has 2 aromatic rings. The van der Waals surface area contributed by atoms with Gasteiger partial charge in [0.05, 0.1) is 0 Å². The number of nitrogens with zero attached hydrogens (tertiary/aromatic N) is 2. The predicted octanol–water partition coefficient (Wildman–Crippen LogP) is 4.93. The monoisotopic (exact) mass is 382 g/mol. The van der Waals surface area contributed by atoms with Crippen molar-refractivity contribution in [3.05, 3.63) is 54.4 Å². The molecule has 25 heavy (non-hydrogen) atoms. The van der Waals surface area contributed by atoms with E-state index in [9.17, 15) is 24.2 Å². The number of hydrogen-bond donors (Lipinski definition) is 0. The predicted molar refractivity (Wildman–Crippen MR) is 86.4 cm³/mol. The second-order valence-corrected chi connectivity index (χ2v) is 7.35. The fraction of sp³-hybridized carbons (Fsp3) is 0.133. The molecule has 0 aliphatic heterocycles. The highest BCUT2D eigenvalue weighted by Gasteiger charge is 2.65. The Morgan fingerprint density at radius 3 is 2.04 bits per heavy atom. The van der Waals surface area contributed by atoms with Gasteiger partial charge in [-0.25, -0.2) is 0 Å². The van der Waals surface area contributed by atoms with Crippen molar-refractivity contribution in [1.82, 2.24) is 4.98 Å². The molecular weight excluding hydrogens is 367 g/mol. The van der Waals surface area contributed by atoms with Crippen molar-refractivity contribution in [3.8, 4) is 0 Å². The van der Waals surface area contributed by atoms with E-state index < -0.39 is 21.2 Å². The summed E-state index contributed by atoms with van der Waals surface area (Å²) < 4.78 is 63.5. The van der Waals surface area contributed by atoms with E-state index in [0.29, 0.717) is 24.0 Å². The van der Waals surface area contributed by atoms with E-state index in [1.54, 1.807) is 12.1 Å². The number of carbonyl (C=O) groups excluding carboxylic acids is 2. The van der Waals surface area contributed by atoms with Gasteiger partial charge in [0.2, 0.25) is 0 Å². The van der Waals surface area contributed by atoms with Gasteiger partial charge < -0.3 is 14.5 Å². The molecule has 2 rings (SSSR count). The maximum absolute atomic E-state index is 12.7. The molecule has 1 aromatic carbocycles. The lowest BCUT2D eigenvalue weighted by Gasteiger charge is -2.40. The molecule has 0 saturated carbocycles. The van der Waals surface area contributed by atoms with Gasteiger partial charge in [-0.15, -0.1) is 0 Å². The number of anilines is 1. The molecule has 10 heteroatoms. The van der Waals surface area contributed by atoms with Gasteiger partial charge in [0.1, 0.15) is 24.0 Å². The molecule has 4 nitrogen and oxygen atoms in total. The van der Waals surface area contributed by atoms with Crippen LogP contribution < -0.4 is 4.90 Å². The van der Waals surface area contributed by atoms with Crippen LogP contribution in [0.25, 0.3) is 0 Å². The first kappa shape index (κ1) is 20.6. The Bertz CT molecular complexity index is 723. The summed E-state index contributed by atoms with van der Waals surface area (Å²) in [6, 6.07) is 4.88. The van der Waals surface area contributed by atoms with Crippen molar-refractivity contribution < 1.29 is 29.0 Å². The number of pyridine rings is 1. The highest BCUT2D eigenvalue weighted by atomic mass is 32.5. The van der Waals surface area contributed by atoms with Crippen molar-refractivity contribution in [1.29, 1.82) is 0 Å². The number of aromatic nitrogens is 1. The zero-order valence-electron chi connectivity index (χ0n) is 13.0. The molecule has 0 aliphatic carbocycles. The van der Waals surface area contributed by atoms with Crippen molar-refractivity contribution >= 4 is 29.0 Å². The highest BCUT2D eigenvalue weighted by molar-refractivity contribution is 8.45. The summed E-state index contributed by atoms with van der Waals surface area (Å²) in [6.07, 6.45) is 3.54. The van der Waals surface area contributed by atoms with E-state index >= 15 is 0 Å². The van der Waals surface area contributed by atoms with Crippen molar-refractivity contribution in [2.45, 2.75) is 10.9 Å². The SMILES string of the molecule is C=O.CN(c1ccc(S(F)(F)(F)(F)F)cc1)C(C=O)c1cccnc1. The van der Waals surface area contributed by atoms with Crippen LogP contribution in [0, 0.1) is 0 Å². The zero-order valence-corrected chi connectivity index (χ0v) is 13.8. The van der Waals surface area contributed by atoms with Gasteiger partial charge in [0.25, 0.3) is 0 Å². The third-order valence-electron chi connectivity index (χ3n) is 3.26. The second kappa shape index (κ2) is 6.43. The lowest BCUT2D eigenvalue weighted by atomic mass is 10.1.